The van der Waals surface area contributed by atoms with Gasteiger partial charge in [0.05, 0.1) is 6.26 Å². The predicted octanol–water partition coefficient (Wildman–Crippen LogP) is 2.02. The number of carbonyl (C=O) groups is 1. The molecule has 0 aliphatic carbocycles. The second-order valence-electron chi connectivity index (χ2n) is 3.59. The Morgan fingerprint density at radius 3 is 2.72 bits per heavy atom. The highest BCUT2D eigenvalue weighted by molar-refractivity contribution is 6.12. The van der Waals surface area contributed by atoms with E-state index < -0.39 is 5.97 Å². The normalized spacial score (nSPS) is 16.8. The number of hydrogen-bond acceptors (Lipinski definition) is 5. The monoisotopic (exact) mass is 240 g/mol. The predicted molar refractivity (Wildman–Crippen MR) is 63.6 cm³/mol. The minimum absolute atomic E-state index is 0.219. The lowest BCUT2D eigenvalue weighted by molar-refractivity contribution is -0.129. The van der Waals surface area contributed by atoms with Crippen LogP contribution in [0.3, 0.4) is 0 Å². The van der Waals surface area contributed by atoms with Crippen molar-refractivity contribution in [2.75, 3.05) is 0 Å². The fourth-order valence-corrected chi connectivity index (χ4v) is 1.54. The van der Waals surface area contributed by atoms with E-state index in [0.717, 1.165) is 0 Å². The molecule has 0 spiro atoms. The van der Waals surface area contributed by atoms with Gasteiger partial charge in [-0.05, 0) is 24.3 Å². The van der Waals surface area contributed by atoms with Crippen molar-refractivity contribution >= 4 is 17.9 Å². The molecular weight excluding hydrogens is 232 g/mol. The Morgan fingerprint density at radius 1 is 1.17 bits per heavy atom. The lowest BCUT2D eigenvalue weighted by atomic mass is 10.3. The maximum Gasteiger partial charge on any atom is 0.363 e. The van der Waals surface area contributed by atoms with Gasteiger partial charge < -0.3 is 9.15 Å². The molecule has 0 unspecified atom stereocenters. The van der Waals surface area contributed by atoms with E-state index >= 15 is 0 Å². The SMILES string of the molecule is O=C1OC(c2ccncc2)=N/C1=C/c1ccco1. The van der Waals surface area contributed by atoms with Crippen LogP contribution in [0.2, 0.25) is 0 Å². The van der Waals surface area contributed by atoms with Gasteiger partial charge in [0.15, 0.2) is 5.70 Å². The minimum Gasteiger partial charge on any atom is -0.465 e. The Hall–Kier alpha value is -2.69. The summed E-state index contributed by atoms with van der Waals surface area (Å²) in [7, 11) is 0. The number of pyridine rings is 1. The first-order valence-corrected chi connectivity index (χ1v) is 5.29. The first-order valence-electron chi connectivity index (χ1n) is 5.29. The molecular formula is C13H8N2O3. The molecule has 0 radical (unpaired) electrons. The molecule has 2 aromatic rings. The molecule has 88 valence electrons. The van der Waals surface area contributed by atoms with Gasteiger partial charge in [0.25, 0.3) is 0 Å². The molecule has 0 N–H and O–H groups in total. The third-order valence-electron chi connectivity index (χ3n) is 2.37. The third-order valence-corrected chi connectivity index (χ3v) is 2.37. The zero-order valence-electron chi connectivity index (χ0n) is 9.24. The summed E-state index contributed by atoms with van der Waals surface area (Å²) in [6, 6.07) is 6.92. The van der Waals surface area contributed by atoms with Crippen LogP contribution >= 0.6 is 0 Å². The smallest absolute Gasteiger partial charge is 0.363 e. The standard InChI is InChI=1S/C13H8N2O3/c16-13-11(8-10-2-1-7-17-10)15-12(18-13)9-3-5-14-6-4-9/h1-8H/b11-8+. The van der Waals surface area contributed by atoms with Crippen LogP contribution in [0.5, 0.6) is 0 Å². The summed E-state index contributed by atoms with van der Waals surface area (Å²) in [6.45, 7) is 0. The van der Waals surface area contributed by atoms with Gasteiger partial charge in [-0.15, -0.1) is 0 Å². The molecule has 5 heteroatoms. The molecule has 1 aliphatic heterocycles. The number of carbonyl (C=O) groups excluding carboxylic acids is 1. The Morgan fingerprint density at radius 2 is 2.00 bits per heavy atom. The number of hydrogen-bond donors (Lipinski definition) is 0. The van der Waals surface area contributed by atoms with Crippen LogP contribution in [0.1, 0.15) is 11.3 Å². The number of nitrogens with zero attached hydrogens (tertiary/aromatic N) is 2. The van der Waals surface area contributed by atoms with Crippen LogP contribution in [0, 0.1) is 0 Å². The van der Waals surface area contributed by atoms with Crippen molar-refractivity contribution in [3.63, 3.8) is 0 Å². The van der Waals surface area contributed by atoms with E-state index in [2.05, 4.69) is 9.98 Å². The zero-order chi connectivity index (χ0) is 12.4. The van der Waals surface area contributed by atoms with Crippen LogP contribution in [-0.4, -0.2) is 16.9 Å². The van der Waals surface area contributed by atoms with Crippen LogP contribution < -0.4 is 0 Å². The van der Waals surface area contributed by atoms with Crippen LogP contribution in [0.4, 0.5) is 0 Å². The van der Waals surface area contributed by atoms with Crippen LogP contribution in [0.15, 0.2) is 58.0 Å². The summed E-state index contributed by atoms with van der Waals surface area (Å²) in [5.74, 6) is 0.347. The first kappa shape index (κ1) is 10.5. The molecule has 0 atom stereocenters. The molecule has 18 heavy (non-hydrogen) atoms. The highest BCUT2D eigenvalue weighted by Crippen LogP contribution is 2.18. The van der Waals surface area contributed by atoms with E-state index in [-0.39, 0.29) is 11.6 Å². The van der Waals surface area contributed by atoms with Crippen molar-refractivity contribution in [1.82, 2.24) is 4.98 Å². The molecule has 3 heterocycles. The summed E-state index contributed by atoms with van der Waals surface area (Å²) in [5, 5.41) is 0. The second-order valence-corrected chi connectivity index (χ2v) is 3.59. The Kier molecular flexibility index (Phi) is 2.49. The quantitative estimate of drug-likeness (QED) is 0.595. The van der Waals surface area contributed by atoms with E-state index in [1.807, 2.05) is 0 Å². The highest BCUT2D eigenvalue weighted by atomic mass is 16.6. The fraction of sp³-hybridized carbons (Fsp3) is 0. The van der Waals surface area contributed by atoms with Crippen molar-refractivity contribution in [2.45, 2.75) is 0 Å². The van der Waals surface area contributed by atoms with E-state index in [0.29, 0.717) is 11.3 Å². The van der Waals surface area contributed by atoms with Gasteiger partial charge in [-0.3, -0.25) is 4.98 Å². The van der Waals surface area contributed by atoms with E-state index in [1.165, 1.54) is 12.3 Å². The van der Waals surface area contributed by atoms with Gasteiger partial charge in [0.1, 0.15) is 5.76 Å². The summed E-state index contributed by atoms with van der Waals surface area (Å²) in [5.41, 5.74) is 0.929. The topological polar surface area (TPSA) is 64.7 Å². The number of cyclic esters (lactones) is 1. The maximum absolute atomic E-state index is 11.6. The second kappa shape index (κ2) is 4.29. The largest absolute Gasteiger partial charge is 0.465 e. The number of aromatic nitrogens is 1. The summed E-state index contributed by atoms with van der Waals surface area (Å²) >= 11 is 0. The molecule has 0 saturated heterocycles. The highest BCUT2D eigenvalue weighted by Gasteiger charge is 2.24. The molecule has 5 nitrogen and oxygen atoms in total. The van der Waals surface area contributed by atoms with Crippen LogP contribution in [-0.2, 0) is 9.53 Å². The number of ether oxygens (including phenoxy) is 1. The minimum atomic E-state index is -0.488. The van der Waals surface area contributed by atoms with Gasteiger partial charge in [-0.25, -0.2) is 9.79 Å². The molecule has 0 saturated carbocycles. The summed E-state index contributed by atoms with van der Waals surface area (Å²) < 4.78 is 10.2. The zero-order valence-corrected chi connectivity index (χ0v) is 9.24. The molecule has 3 rings (SSSR count). The maximum atomic E-state index is 11.6. The Bertz CT molecular complexity index is 628. The summed E-state index contributed by atoms with van der Waals surface area (Å²) in [6.07, 6.45) is 6.29. The third kappa shape index (κ3) is 1.93. The van der Waals surface area contributed by atoms with E-state index in [9.17, 15) is 4.79 Å². The number of aliphatic imine (C=N–C) groups is 1. The van der Waals surface area contributed by atoms with Crippen molar-refractivity contribution in [3.05, 3.63) is 59.9 Å². The Balaban J connectivity index is 1.95. The van der Waals surface area contributed by atoms with Gasteiger partial charge in [0, 0.05) is 24.0 Å². The van der Waals surface area contributed by atoms with Crippen molar-refractivity contribution in [3.8, 4) is 0 Å². The lowest BCUT2D eigenvalue weighted by Crippen LogP contribution is -2.05. The average molecular weight is 240 g/mol. The first-order chi connectivity index (χ1) is 8.83. The Labute approximate surface area is 102 Å². The van der Waals surface area contributed by atoms with Gasteiger partial charge >= 0.3 is 5.97 Å². The fourth-order valence-electron chi connectivity index (χ4n) is 1.54. The lowest BCUT2D eigenvalue weighted by Gasteiger charge is -1.96. The molecule has 0 amide bonds. The van der Waals surface area contributed by atoms with Gasteiger partial charge in [-0.1, -0.05) is 0 Å². The molecule has 1 aliphatic rings. The summed E-state index contributed by atoms with van der Waals surface area (Å²) in [4.78, 5) is 19.6. The average Bonchev–Trinajstić information content (AvgIpc) is 3.02. The van der Waals surface area contributed by atoms with Crippen molar-refractivity contribution in [2.24, 2.45) is 4.99 Å². The van der Waals surface area contributed by atoms with Crippen molar-refractivity contribution < 1.29 is 13.9 Å². The van der Waals surface area contributed by atoms with E-state index in [4.69, 9.17) is 9.15 Å². The number of rotatable bonds is 2. The van der Waals surface area contributed by atoms with E-state index in [1.54, 1.807) is 36.7 Å². The number of furan rings is 1. The molecule has 0 fully saturated rings. The van der Waals surface area contributed by atoms with Gasteiger partial charge in [-0.2, -0.15) is 0 Å². The molecule has 2 aromatic heterocycles. The molecule has 0 bridgehead atoms. The van der Waals surface area contributed by atoms with Gasteiger partial charge in [0.2, 0.25) is 5.90 Å². The molecule has 0 aromatic carbocycles. The number of esters is 1. The van der Waals surface area contributed by atoms with Crippen LogP contribution in [0.25, 0.3) is 6.08 Å². The van der Waals surface area contributed by atoms with Crippen molar-refractivity contribution in [1.29, 1.82) is 0 Å².